The molecule has 0 aliphatic heterocycles. The molecule has 0 aliphatic rings. The first-order chi connectivity index (χ1) is 15.1. The van der Waals surface area contributed by atoms with E-state index < -0.39 is 48.9 Å². The second-order valence-corrected chi connectivity index (χ2v) is 6.88. The normalized spacial score (nSPS) is 12.2. The largest absolute Gasteiger partial charge is 0.508 e. The topological polar surface area (TPSA) is 235 Å². The molecule has 13 heteroatoms. The molecule has 2 unspecified atom stereocenters. The van der Waals surface area contributed by atoms with Crippen molar-refractivity contribution in [1.29, 1.82) is 0 Å². The van der Waals surface area contributed by atoms with Gasteiger partial charge in [-0.3, -0.25) is 24.2 Å². The molecule has 0 spiro atoms. The lowest BCUT2D eigenvalue weighted by Gasteiger charge is -2.20. The lowest BCUT2D eigenvalue weighted by molar-refractivity contribution is -0.138. The summed E-state index contributed by atoms with van der Waals surface area (Å²) in [6.07, 6.45) is 0.692. The fourth-order valence-electron chi connectivity index (χ4n) is 2.56. The minimum Gasteiger partial charge on any atom is -0.508 e. The van der Waals surface area contributed by atoms with Gasteiger partial charge < -0.3 is 43.4 Å². The molecule has 176 valence electrons. The summed E-state index contributed by atoms with van der Waals surface area (Å²) in [7, 11) is 0. The summed E-state index contributed by atoms with van der Waals surface area (Å²) in [6.45, 7) is -0.827. The number of carbonyl (C=O) groups excluding carboxylic acids is 3. The molecule has 0 saturated carbocycles. The van der Waals surface area contributed by atoms with E-state index in [1.165, 1.54) is 12.1 Å². The van der Waals surface area contributed by atoms with E-state index >= 15 is 0 Å². The Bertz CT molecular complexity index is 824. The standard InChI is InChI=1S/C19H29N7O6/c20-13(8-11-3-5-12(27)6-4-11)17(31)26-14(2-1-7-23-19(21)22)18(32)25-9-15(28)24-10-16(29)30/h3-6,13-14,27H,1-2,7-10,20H2,(H,24,28)(H,25,32)(H,26,31)(H,29,30)(H4,21,22,23). The molecule has 1 rings (SSSR count). The number of aliphatic imine (C=N–C) groups is 1. The van der Waals surface area contributed by atoms with Gasteiger partial charge in [-0.2, -0.15) is 0 Å². The Morgan fingerprint density at radius 1 is 1.00 bits per heavy atom. The van der Waals surface area contributed by atoms with Crippen LogP contribution in [0.3, 0.4) is 0 Å². The van der Waals surface area contributed by atoms with Crippen molar-refractivity contribution in [1.82, 2.24) is 16.0 Å². The molecule has 0 aliphatic carbocycles. The number of rotatable bonds is 13. The summed E-state index contributed by atoms with van der Waals surface area (Å²) >= 11 is 0. The van der Waals surface area contributed by atoms with Gasteiger partial charge in [-0.1, -0.05) is 12.1 Å². The Morgan fingerprint density at radius 3 is 2.25 bits per heavy atom. The van der Waals surface area contributed by atoms with Crippen LogP contribution in [0, 0.1) is 0 Å². The van der Waals surface area contributed by atoms with E-state index in [4.69, 9.17) is 22.3 Å². The van der Waals surface area contributed by atoms with Gasteiger partial charge in [0.1, 0.15) is 18.3 Å². The number of aromatic hydroxyl groups is 1. The first-order valence-electron chi connectivity index (χ1n) is 9.74. The third-order valence-electron chi connectivity index (χ3n) is 4.17. The van der Waals surface area contributed by atoms with Gasteiger partial charge in [-0.05, 0) is 37.0 Å². The first kappa shape index (κ1) is 26.2. The second kappa shape index (κ2) is 13.4. The predicted octanol–water partition coefficient (Wildman–Crippen LogP) is -2.88. The summed E-state index contributed by atoms with van der Waals surface area (Å²) in [6, 6.07) is 4.20. The van der Waals surface area contributed by atoms with Gasteiger partial charge in [-0.15, -0.1) is 0 Å². The molecule has 32 heavy (non-hydrogen) atoms. The van der Waals surface area contributed by atoms with E-state index in [0.717, 1.165) is 0 Å². The molecule has 1 aromatic carbocycles. The number of hydrogen-bond acceptors (Lipinski definition) is 7. The van der Waals surface area contributed by atoms with Crippen molar-refractivity contribution in [3.63, 3.8) is 0 Å². The minimum absolute atomic E-state index is 0.0803. The molecule has 0 radical (unpaired) electrons. The van der Waals surface area contributed by atoms with Gasteiger partial charge in [0.05, 0.1) is 12.6 Å². The quantitative estimate of drug-likeness (QED) is 0.0871. The van der Waals surface area contributed by atoms with Crippen molar-refractivity contribution in [3.05, 3.63) is 29.8 Å². The Balaban J connectivity index is 2.69. The molecule has 0 heterocycles. The lowest BCUT2D eigenvalue weighted by Crippen LogP contribution is -2.53. The van der Waals surface area contributed by atoms with E-state index in [0.29, 0.717) is 12.0 Å². The van der Waals surface area contributed by atoms with Crippen molar-refractivity contribution in [2.45, 2.75) is 31.3 Å². The number of carboxylic acid groups (broad SMARTS) is 1. The number of carboxylic acids is 1. The number of hydrogen-bond donors (Lipinski definition) is 8. The summed E-state index contributed by atoms with van der Waals surface area (Å²) in [5, 5.41) is 24.9. The van der Waals surface area contributed by atoms with Gasteiger partial charge in [-0.25, -0.2) is 0 Å². The van der Waals surface area contributed by atoms with Crippen molar-refractivity contribution in [3.8, 4) is 5.75 Å². The van der Waals surface area contributed by atoms with Crippen LogP contribution in [0.4, 0.5) is 0 Å². The summed E-state index contributed by atoms with van der Waals surface area (Å²) in [5.41, 5.74) is 17.2. The first-order valence-corrected chi connectivity index (χ1v) is 9.74. The number of carbonyl (C=O) groups is 4. The van der Waals surface area contributed by atoms with E-state index in [1.807, 2.05) is 0 Å². The summed E-state index contributed by atoms with van der Waals surface area (Å²) in [5.74, 6) is -3.19. The Kier molecular flexibility index (Phi) is 11.0. The van der Waals surface area contributed by atoms with Gasteiger partial charge in [0.15, 0.2) is 5.96 Å². The van der Waals surface area contributed by atoms with Crippen LogP contribution in [0.25, 0.3) is 0 Å². The molecule has 13 nitrogen and oxygen atoms in total. The van der Waals surface area contributed by atoms with Gasteiger partial charge >= 0.3 is 5.97 Å². The predicted molar refractivity (Wildman–Crippen MR) is 115 cm³/mol. The smallest absolute Gasteiger partial charge is 0.322 e. The van der Waals surface area contributed by atoms with Crippen LogP contribution in [0.1, 0.15) is 18.4 Å². The lowest BCUT2D eigenvalue weighted by atomic mass is 10.0. The summed E-state index contributed by atoms with van der Waals surface area (Å²) in [4.78, 5) is 50.9. The molecule has 0 aromatic heterocycles. The van der Waals surface area contributed by atoms with Crippen molar-refractivity contribution in [2.75, 3.05) is 19.6 Å². The molecule has 0 saturated heterocycles. The fraction of sp³-hybridized carbons (Fsp3) is 0.421. The van der Waals surface area contributed by atoms with Crippen LogP contribution < -0.4 is 33.2 Å². The van der Waals surface area contributed by atoms with Crippen LogP contribution in [0.5, 0.6) is 5.75 Å². The maximum absolute atomic E-state index is 12.5. The SMILES string of the molecule is NC(N)=NCCCC(NC(=O)C(N)Cc1ccc(O)cc1)C(=O)NCC(=O)NCC(=O)O. The van der Waals surface area contributed by atoms with E-state index in [-0.39, 0.29) is 31.1 Å². The molecular weight excluding hydrogens is 422 g/mol. The molecule has 0 fully saturated rings. The zero-order chi connectivity index (χ0) is 24.1. The number of nitrogens with zero attached hydrogens (tertiary/aromatic N) is 1. The second-order valence-electron chi connectivity index (χ2n) is 6.88. The van der Waals surface area contributed by atoms with Crippen LogP contribution in [-0.2, 0) is 25.6 Å². The number of nitrogens with two attached hydrogens (primary N) is 3. The zero-order valence-corrected chi connectivity index (χ0v) is 17.4. The van der Waals surface area contributed by atoms with Crippen molar-refractivity contribution in [2.24, 2.45) is 22.2 Å². The van der Waals surface area contributed by atoms with E-state index in [1.54, 1.807) is 12.1 Å². The highest BCUT2D eigenvalue weighted by Crippen LogP contribution is 2.11. The number of benzene rings is 1. The number of aliphatic carboxylic acids is 1. The minimum atomic E-state index is -1.22. The van der Waals surface area contributed by atoms with Crippen LogP contribution in [0.15, 0.2) is 29.3 Å². The number of phenolic OH excluding ortho intramolecular Hbond substituents is 1. The average molecular weight is 451 g/mol. The third kappa shape index (κ3) is 10.8. The van der Waals surface area contributed by atoms with Gasteiger partial charge in [0, 0.05) is 6.54 Å². The fourth-order valence-corrected chi connectivity index (χ4v) is 2.56. The molecule has 11 N–H and O–H groups in total. The number of phenols is 1. The number of nitrogens with one attached hydrogen (secondary N) is 3. The zero-order valence-electron chi connectivity index (χ0n) is 17.4. The monoisotopic (exact) mass is 451 g/mol. The highest BCUT2D eigenvalue weighted by molar-refractivity contribution is 5.92. The maximum Gasteiger partial charge on any atom is 0.322 e. The Labute approximate surface area is 184 Å². The highest BCUT2D eigenvalue weighted by atomic mass is 16.4. The van der Waals surface area contributed by atoms with Crippen molar-refractivity contribution >= 4 is 29.7 Å². The van der Waals surface area contributed by atoms with Crippen LogP contribution in [-0.4, -0.2) is 71.6 Å². The summed E-state index contributed by atoms with van der Waals surface area (Å²) < 4.78 is 0. The highest BCUT2D eigenvalue weighted by Gasteiger charge is 2.24. The molecule has 0 bridgehead atoms. The van der Waals surface area contributed by atoms with Crippen LogP contribution >= 0.6 is 0 Å². The Morgan fingerprint density at radius 2 is 1.66 bits per heavy atom. The van der Waals surface area contributed by atoms with Gasteiger partial charge in [0.2, 0.25) is 17.7 Å². The number of amides is 3. The Hall–Kier alpha value is -3.87. The molecular formula is C19H29N7O6. The van der Waals surface area contributed by atoms with Crippen LogP contribution in [0.2, 0.25) is 0 Å². The third-order valence-corrected chi connectivity index (χ3v) is 4.17. The van der Waals surface area contributed by atoms with E-state index in [9.17, 15) is 24.3 Å². The average Bonchev–Trinajstić information content (AvgIpc) is 2.73. The van der Waals surface area contributed by atoms with Gasteiger partial charge in [0.25, 0.3) is 0 Å². The molecule has 1 aromatic rings. The number of guanidine groups is 1. The maximum atomic E-state index is 12.5. The van der Waals surface area contributed by atoms with Crippen molar-refractivity contribution < 1.29 is 29.4 Å². The van der Waals surface area contributed by atoms with E-state index in [2.05, 4.69) is 20.9 Å². The molecule has 3 amide bonds. The molecule has 2 atom stereocenters.